The van der Waals surface area contributed by atoms with Gasteiger partial charge in [-0.1, -0.05) is 6.42 Å². The largest absolute Gasteiger partial charge is 0.340 e. The van der Waals surface area contributed by atoms with Crippen molar-refractivity contribution >= 4 is 5.91 Å². The first kappa shape index (κ1) is 13.8. The summed E-state index contributed by atoms with van der Waals surface area (Å²) in [6, 6.07) is 0.845. The van der Waals surface area contributed by atoms with Crippen molar-refractivity contribution < 1.29 is 4.79 Å². The summed E-state index contributed by atoms with van der Waals surface area (Å²) in [5.74, 6) is 0.334. The monoisotopic (exact) mass is 253 g/mol. The SMILES string of the molecule is CC(N)CCCC(=O)N1CCN2CCCCC2C1. The van der Waals surface area contributed by atoms with Crippen molar-refractivity contribution in [2.45, 2.75) is 57.5 Å². The van der Waals surface area contributed by atoms with E-state index in [1.165, 1.54) is 25.8 Å². The quantitative estimate of drug-likeness (QED) is 0.819. The van der Waals surface area contributed by atoms with Crippen LogP contribution in [0.15, 0.2) is 0 Å². The molecular formula is C14H27N3O. The number of nitrogens with zero attached hydrogens (tertiary/aromatic N) is 2. The number of piperidine rings is 1. The zero-order valence-corrected chi connectivity index (χ0v) is 11.6. The van der Waals surface area contributed by atoms with Crippen LogP contribution in [-0.2, 0) is 4.79 Å². The van der Waals surface area contributed by atoms with Gasteiger partial charge in [0.15, 0.2) is 0 Å². The van der Waals surface area contributed by atoms with E-state index in [2.05, 4.69) is 9.80 Å². The molecule has 1 amide bonds. The van der Waals surface area contributed by atoms with Gasteiger partial charge in [-0.2, -0.15) is 0 Å². The minimum absolute atomic E-state index is 0.216. The predicted molar refractivity (Wildman–Crippen MR) is 73.3 cm³/mol. The summed E-state index contributed by atoms with van der Waals surface area (Å²) in [5, 5.41) is 0. The molecule has 2 saturated heterocycles. The van der Waals surface area contributed by atoms with Crippen LogP contribution in [-0.4, -0.2) is 54.0 Å². The van der Waals surface area contributed by atoms with Gasteiger partial charge in [0.05, 0.1) is 0 Å². The molecule has 0 radical (unpaired) electrons. The topological polar surface area (TPSA) is 49.6 Å². The molecule has 0 bridgehead atoms. The fraction of sp³-hybridized carbons (Fsp3) is 0.929. The molecule has 2 heterocycles. The molecule has 0 saturated carbocycles. The first-order valence-corrected chi connectivity index (χ1v) is 7.44. The highest BCUT2D eigenvalue weighted by atomic mass is 16.2. The third-order valence-corrected chi connectivity index (χ3v) is 4.24. The summed E-state index contributed by atoms with van der Waals surface area (Å²) < 4.78 is 0. The molecule has 2 unspecified atom stereocenters. The lowest BCUT2D eigenvalue weighted by Crippen LogP contribution is -2.56. The van der Waals surface area contributed by atoms with Crippen molar-refractivity contribution in [3.05, 3.63) is 0 Å². The molecule has 2 aliphatic rings. The lowest BCUT2D eigenvalue weighted by molar-refractivity contribution is -0.134. The Balaban J connectivity index is 1.74. The number of carbonyl (C=O) groups is 1. The van der Waals surface area contributed by atoms with Gasteiger partial charge in [-0.05, 0) is 39.2 Å². The van der Waals surface area contributed by atoms with Crippen LogP contribution in [0.25, 0.3) is 0 Å². The van der Waals surface area contributed by atoms with Crippen molar-refractivity contribution in [2.75, 3.05) is 26.2 Å². The third-order valence-electron chi connectivity index (χ3n) is 4.24. The van der Waals surface area contributed by atoms with Crippen LogP contribution in [0.2, 0.25) is 0 Å². The van der Waals surface area contributed by atoms with E-state index in [0.717, 1.165) is 32.5 Å². The van der Waals surface area contributed by atoms with Gasteiger partial charge in [0, 0.05) is 38.1 Å². The second kappa shape index (κ2) is 6.53. The molecule has 2 atom stereocenters. The zero-order valence-electron chi connectivity index (χ0n) is 11.6. The highest BCUT2D eigenvalue weighted by Gasteiger charge is 2.30. The van der Waals surface area contributed by atoms with E-state index in [0.29, 0.717) is 18.4 Å². The maximum Gasteiger partial charge on any atom is 0.222 e. The van der Waals surface area contributed by atoms with Crippen molar-refractivity contribution in [3.8, 4) is 0 Å². The Morgan fingerprint density at radius 3 is 2.94 bits per heavy atom. The number of nitrogens with two attached hydrogens (primary N) is 1. The van der Waals surface area contributed by atoms with Crippen LogP contribution in [0.3, 0.4) is 0 Å². The molecule has 2 rings (SSSR count). The summed E-state index contributed by atoms with van der Waals surface area (Å²) >= 11 is 0. The van der Waals surface area contributed by atoms with Gasteiger partial charge < -0.3 is 10.6 Å². The molecule has 18 heavy (non-hydrogen) atoms. The van der Waals surface area contributed by atoms with E-state index in [1.807, 2.05) is 6.92 Å². The molecule has 4 nitrogen and oxygen atoms in total. The number of hydrogen-bond acceptors (Lipinski definition) is 3. The van der Waals surface area contributed by atoms with Crippen LogP contribution in [0.4, 0.5) is 0 Å². The molecule has 2 aliphatic heterocycles. The number of carbonyl (C=O) groups excluding carboxylic acids is 1. The second-order valence-electron chi connectivity index (χ2n) is 5.89. The Bertz CT molecular complexity index is 280. The first-order chi connectivity index (χ1) is 8.66. The van der Waals surface area contributed by atoms with Gasteiger partial charge in [-0.25, -0.2) is 0 Å². The molecule has 0 aromatic carbocycles. The van der Waals surface area contributed by atoms with Gasteiger partial charge in [-0.3, -0.25) is 9.69 Å². The zero-order chi connectivity index (χ0) is 13.0. The van der Waals surface area contributed by atoms with Crippen molar-refractivity contribution in [2.24, 2.45) is 5.73 Å². The number of rotatable bonds is 4. The Morgan fingerprint density at radius 1 is 1.33 bits per heavy atom. The summed E-state index contributed by atoms with van der Waals surface area (Å²) in [4.78, 5) is 16.8. The third kappa shape index (κ3) is 3.69. The molecule has 0 aromatic heterocycles. The summed E-state index contributed by atoms with van der Waals surface area (Å²) in [7, 11) is 0. The summed E-state index contributed by atoms with van der Waals surface area (Å²) in [5.41, 5.74) is 5.71. The van der Waals surface area contributed by atoms with E-state index in [1.54, 1.807) is 0 Å². The van der Waals surface area contributed by atoms with Crippen molar-refractivity contribution in [1.82, 2.24) is 9.80 Å². The van der Waals surface area contributed by atoms with Crippen LogP contribution < -0.4 is 5.73 Å². The molecule has 4 heteroatoms. The Morgan fingerprint density at radius 2 is 2.17 bits per heavy atom. The van der Waals surface area contributed by atoms with Crippen LogP contribution >= 0.6 is 0 Å². The fourth-order valence-electron chi connectivity index (χ4n) is 3.12. The average molecular weight is 253 g/mol. The highest BCUT2D eigenvalue weighted by molar-refractivity contribution is 5.76. The van der Waals surface area contributed by atoms with Gasteiger partial charge in [0.2, 0.25) is 5.91 Å². The van der Waals surface area contributed by atoms with Crippen LogP contribution in [0.5, 0.6) is 0 Å². The maximum atomic E-state index is 12.1. The summed E-state index contributed by atoms with van der Waals surface area (Å²) in [6.07, 6.45) is 6.49. The Hall–Kier alpha value is -0.610. The molecule has 0 spiro atoms. The summed E-state index contributed by atoms with van der Waals surface area (Å²) in [6.45, 7) is 6.19. The average Bonchev–Trinajstić information content (AvgIpc) is 2.37. The molecular weight excluding hydrogens is 226 g/mol. The number of fused-ring (bicyclic) bond motifs is 1. The molecule has 0 aliphatic carbocycles. The van der Waals surface area contributed by atoms with E-state index in [4.69, 9.17) is 5.73 Å². The van der Waals surface area contributed by atoms with E-state index in [-0.39, 0.29) is 6.04 Å². The number of piperazine rings is 1. The molecule has 104 valence electrons. The van der Waals surface area contributed by atoms with Gasteiger partial charge >= 0.3 is 0 Å². The molecule has 2 fully saturated rings. The Labute approximate surface area is 110 Å². The van der Waals surface area contributed by atoms with Crippen LogP contribution in [0, 0.1) is 0 Å². The Kier molecular flexibility index (Phi) is 5.01. The minimum atomic E-state index is 0.216. The fourth-order valence-corrected chi connectivity index (χ4v) is 3.12. The number of amides is 1. The van der Waals surface area contributed by atoms with Crippen LogP contribution in [0.1, 0.15) is 45.4 Å². The first-order valence-electron chi connectivity index (χ1n) is 7.44. The standard InChI is InChI=1S/C14H27N3O/c1-12(15)5-4-7-14(18)17-10-9-16-8-3-2-6-13(16)11-17/h12-13H,2-11,15H2,1H3. The lowest BCUT2D eigenvalue weighted by Gasteiger charge is -2.44. The van der Waals surface area contributed by atoms with E-state index >= 15 is 0 Å². The van der Waals surface area contributed by atoms with Crippen molar-refractivity contribution in [1.29, 1.82) is 0 Å². The molecule has 0 aromatic rings. The predicted octanol–water partition coefficient (Wildman–Crippen LogP) is 1.20. The minimum Gasteiger partial charge on any atom is -0.340 e. The molecule has 2 N–H and O–H groups in total. The lowest BCUT2D eigenvalue weighted by atomic mass is 9.99. The number of hydrogen-bond donors (Lipinski definition) is 1. The highest BCUT2D eigenvalue weighted by Crippen LogP contribution is 2.21. The van der Waals surface area contributed by atoms with E-state index in [9.17, 15) is 4.79 Å². The van der Waals surface area contributed by atoms with Gasteiger partial charge in [-0.15, -0.1) is 0 Å². The van der Waals surface area contributed by atoms with Gasteiger partial charge in [0.1, 0.15) is 0 Å². The van der Waals surface area contributed by atoms with Crippen molar-refractivity contribution in [3.63, 3.8) is 0 Å². The second-order valence-corrected chi connectivity index (χ2v) is 5.89. The van der Waals surface area contributed by atoms with E-state index < -0.39 is 0 Å². The van der Waals surface area contributed by atoms with Gasteiger partial charge in [0.25, 0.3) is 0 Å². The smallest absolute Gasteiger partial charge is 0.222 e. The maximum absolute atomic E-state index is 12.1. The normalized spacial score (nSPS) is 26.8.